The Balaban J connectivity index is 1.58. The minimum Gasteiger partial charge on any atom is -0.467 e. The number of hydrogen-bond donors (Lipinski definition) is 2. The highest BCUT2D eigenvalue weighted by molar-refractivity contribution is 5.81. The third-order valence-corrected chi connectivity index (χ3v) is 3.64. The van der Waals surface area contributed by atoms with E-state index in [1.54, 1.807) is 12.3 Å². The molecule has 5 nitrogen and oxygen atoms in total. The van der Waals surface area contributed by atoms with Crippen molar-refractivity contribution in [1.29, 1.82) is 0 Å². The molecule has 1 aromatic heterocycles. The van der Waals surface area contributed by atoms with Crippen LogP contribution in [0.15, 0.2) is 77.4 Å². The number of para-hydroxylation sites is 3. The molecule has 0 saturated heterocycles. The van der Waals surface area contributed by atoms with Crippen LogP contribution in [-0.2, 0) is 4.79 Å². The van der Waals surface area contributed by atoms with Crippen molar-refractivity contribution in [3.8, 4) is 11.5 Å². The van der Waals surface area contributed by atoms with Gasteiger partial charge in [-0.05, 0) is 43.3 Å². The molecule has 1 heterocycles. The second-order valence-corrected chi connectivity index (χ2v) is 5.57. The molecule has 1 unspecified atom stereocenters. The van der Waals surface area contributed by atoms with E-state index in [0.29, 0.717) is 5.75 Å². The molecule has 5 heteroatoms. The zero-order valence-corrected chi connectivity index (χ0v) is 13.9. The fourth-order valence-electron chi connectivity index (χ4n) is 2.39. The average Bonchev–Trinajstić information content (AvgIpc) is 3.17. The van der Waals surface area contributed by atoms with Gasteiger partial charge in [-0.3, -0.25) is 4.79 Å². The van der Waals surface area contributed by atoms with E-state index in [2.05, 4.69) is 10.6 Å². The Morgan fingerprint density at radius 2 is 1.80 bits per heavy atom. The average molecular weight is 336 g/mol. The van der Waals surface area contributed by atoms with Crippen LogP contribution in [0, 0.1) is 0 Å². The van der Waals surface area contributed by atoms with Gasteiger partial charge in [0.2, 0.25) is 5.91 Å². The lowest BCUT2D eigenvalue weighted by atomic mass is 10.2. The van der Waals surface area contributed by atoms with Gasteiger partial charge >= 0.3 is 0 Å². The highest BCUT2D eigenvalue weighted by atomic mass is 16.5. The number of amides is 1. The number of carbonyl (C=O) groups is 1. The van der Waals surface area contributed by atoms with Crippen molar-refractivity contribution in [2.75, 3.05) is 11.9 Å². The van der Waals surface area contributed by atoms with E-state index >= 15 is 0 Å². The maximum absolute atomic E-state index is 12.1. The summed E-state index contributed by atoms with van der Waals surface area (Å²) in [5, 5.41) is 6.00. The van der Waals surface area contributed by atoms with E-state index in [4.69, 9.17) is 9.15 Å². The predicted octanol–water partition coefficient (Wildman–Crippen LogP) is 4.36. The van der Waals surface area contributed by atoms with Gasteiger partial charge < -0.3 is 19.8 Å². The molecule has 2 N–H and O–H groups in total. The molecule has 0 aliphatic heterocycles. The molecule has 0 fully saturated rings. The topological polar surface area (TPSA) is 63.5 Å². The van der Waals surface area contributed by atoms with Gasteiger partial charge in [-0.15, -0.1) is 0 Å². The van der Waals surface area contributed by atoms with Gasteiger partial charge in [-0.1, -0.05) is 30.3 Å². The largest absolute Gasteiger partial charge is 0.467 e. The fourth-order valence-corrected chi connectivity index (χ4v) is 2.39. The zero-order chi connectivity index (χ0) is 17.5. The van der Waals surface area contributed by atoms with Crippen LogP contribution >= 0.6 is 0 Å². The highest BCUT2D eigenvalue weighted by Crippen LogP contribution is 2.28. The number of anilines is 1. The summed E-state index contributed by atoms with van der Waals surface area (Å²) in [5.74, 6) is 2.01. The Labute approximate surface area is 146 Å². The Morgan fingerprint density at radius 3 is 2.56 bits per heavy atom. The highest BCUT2D eigenvalue weighted by Gasteiger charge is 2.12. The quantitative estimate of drug-likeness (QED) is 0.673. The first-order chi connectivity index (χ1) is 12.2. The Hall–Kier alpha value is -3.21. The number of nitrogens with one attached hydrogen (secondary N) is 2. The molecule has 1 amide bonds. The minimum absolute atomic E-state index is 0.126. The van der Waals surface area contributed by atoms with Crippen molar-refractivity contribution in [1.82, 2.24) is 5.32 Å². The molecule has 0 aliphatic carbocycles. The Morgan fingerprint density at radius 1 is 1.04 bits per heavy atom. The summed E-state index contributed by atoms with van der Waals surface area (Å²) in [6, 6.07) is 20.5. The Kier molecular flexibility index (Phi) is 5.36. The Bertz CT molecular complexity index is 801. The molecule has 128 valence electrons. The van der Waals surface area contributed by atoms with E-state index in [0.717, 1.165) is 17.2 Å². The smallest absolute Gasteiger partial charge is 0.239 e. The maximum Gasteiger partial charge on any atom is 0.239 e. The number of ether oxygens (including phenoxy) is 1. The minimum atomic E-state index is -0.180. The normalized spacial score (nSPS) is 11.6. The van der Waals surface area contributed by atoms with Crippen LogP contribution in [0.1, 0.15) is 18.7 Å². The first kappa shape index (κ1) is 16.6. The molecule has 0 saturated carbocycles. The van der Waals surface area contributed by atoms with Gasteiger partial charge in [0.25, 0.3) is 0 Å². The molecule has 1 atom stereocenters. The summed E-state index contributed by atoms with van der Waals surface area (Å²) in [5.41, 5.74) is 0.757. The van der Waals surface area contributed by atoms with E-state index in [1.807, 2.05) is 67.6 Å². The van der Waals surface area contributed by atoms with Crippen LogP contribution in [0.3, 0.4) is 0 Å². The van der Waals surface area contributed by atoms with Crippen LogP contribution in [0.5, 0.6) is 11.5 Å². The van der Waals surface area contributed by atoms with Crippen LogP contribution in [0.25, 0.3) is 0 Å². The lowest BCUT2D eigenvalue weighted by Crippen LogP contribution is -2.31. The van der Waals surface area contributed by atoms with Crippen LogP contribution in [0.2, 0.25) is 0 Å². The SMILES string of the molecule is CC(NC(=O)CNc1ccccc1Oc1ccccc1)c1ccco1. The molecule has 25 heavy (non-hydrogen) atoms. The molecule has 3 aromatic rings. The van der Waals surface area contributed by atoms with E-state index in [9.17, 15) is 4.79 Å². The summed E-state index contributed by atoms with van der Waals surface area (Å²) in [4.78, 5) is 12.1. The van der Waals surface area contributed by atoms with E-state index in [1.165, 1.54) is 0 Å². The summed E-state index contributed by atoms with van der Waals surface area (Å²) in [6.45, 7) is 2.02. The summed E-state index contributed by atoms with van der Waals surface area (Å²) < 4.78 is 11.2. The molecule has 0 bridgehead atoms. The summed E-state index contributed by atoms with van der Waals surface area (Å²) in [7, 11) is 0. The molecular weight excluding hydrogens is 316 g/mol. The van der Waals surface area contributed by atoms with Crippen molar-refractivity contribution < 1.29 is 13.9 Å². The number of hydrogen-bond acceptors (Lipinski definition) is 4. The van der Waals surface area contributed by atoms with Gasteiger partial charge in [0.1, 0.15) is 11.5 Å². The number of rotatable bonds is 7. The van der Waals surface area contributed by atoms with Crippen molar-refractivity contribution in [3.63, 3.8) is 0 Å². The molecule has 2 aromatic carbocycles. The maximum atomic E-state index is 12.1. The molecular formula is C20H20N2O3. The molecule has 3 rings (SSSR count). The van der Waals surface area contributed by atoms with Crippen molar-refractivity contribution in [2.24, 2.45) is 0 Å². The second kappa shape index (κ2) is 8.06. The standard InChI is InChI=1S/C20H20N2O3/c1-15(18-12-7-13-24-18)22-20(23)14-21-17-10-5-6-11-19(17)25-16-8-3-2-4-9-16/h2-13,15,21H,14H2,1H3,(H,22,23). The summed E-state index contributed by atoms with van der Waals surface area (Å²) in [6.07, 6.45) is 1.59. The van der Waals surface area contributed by atoms with Gasteiger partial charge in [-0.25, -0.2) is 0 Å². The third-order valence-electron chi connectivity index (χ3n) is 3.64. The summed E-state index contributed by atoms with van der Waals surface area (Å²) >= 11 is 0. The molecule has 0 aliphatic rings. The van der Waals surface area contributed by atoms with Crippen LogP contribution in [-0.4, -0.2) is 12.5 Å². The zero-order valence-electron chi connectivity index (χ0n) is 13.9. The van der Waals surface area contributed by atoms with E-state index in [-0.39, 0.29) is 18.5 Å². The van der Waals surface area contributed by atoms with Crippen LogP contribution in [0.4, 0.5) is 5.69 Å². The van der Waals surface area contributed by atoms with Crippen molar-refractivity contribution >= 4 is 11.6 Å². The van der Waals surface area contributed by atoms with Gasteiger partial charge in [0, 0.05) is 0 Å². The first-order valence-electron chi connectivity index (χ1n) is 8.11. The van der Waals surface area contributed by atoms with Gasteiger partial charge in [0.05, 0.1) is 24.5 Å². The molecule has 0 radical (unpaired) electrons. The van der Waals surface area contributed by atoms with E-state index < -0.39 is 0 Å². The third kappa shape index (κ3) is 4.64. The number of carbonyl (C=O) groups excluding carboxylic acids is 1. The lowest BCUT2D eigenvalue weighted by molar-refractivity contribution is -0.120. The monoisotopic (exact) mass is 336 g/mol. The van der Waals surface area contributed by atoms with Crippen molar-refractivity contribution in [3.05, 3.63) is 78.8 Å². The number of furan rings is 1. The van der Waals surface area contributed by atoms with Gasteiger partial charge in [0.15, 0.2) is 5.75 Å². The van der Waals surface area contributed by atoms with Crippen LogP contribution < -0.4 is 15.4 Å². The fraction of sp³-hybridized carbons (Fsp3) is 0.150. The number of benzene rings is 2. The second-order valence-electron chi connectivity index (χ2n) is 5.57. The van der Waals surface area contributed by atoms with Gasteiger partial charge in [-0.2, -0.15) is 0 Å². The van der Waals surface area contributed by atoms with Crippen molar-refractivity contribution in [2.45, 2.75) is 13.0 Å². The lowest BCUT2D eigenvalue weighted by Gasteiger charge is -2.15. The first-order valence-corrected chi connectivity index (χ1v) is 8.11. The predicted molar refractivity (Wildman–Crippen MR) is 96.7 cm³/mol. The molecule has 0 spiro atoms.